The predicted molar refractivity (Wildman–Crippen MR) is 206 cm³/mol. The Morgan fingerprint density at radius 1 is 0.308 bits per heavy atom. The van der Waals surface area contributed by atoms with Crippen LogP contribution < -0.4 is 0 Å². The minimum atomic E-state index is -0.0620. The van der Waals surface area contributed by atoms with Gasteiger partial charge in [0.2, 0.25) is 0 Å². The summed E-state index contributed by atoms with van der Waals surface area (Å²) in [5, 5.41) is 8.62. The maximum Gasteiger partial charge on any atom is 0.0781 e. The summed E-state index contributed by atoms with van der Waals surface area (Å²) in [5.74, 6) is 0. The van der Waals surface area contributed by atoms with Crippen LogP contribution in [0.1, 0.15) is 113 Å². The molecule has 0 aliphatic carbocycles. The van der Waals surface area contributed by atoms with E-state index < -0.39 is 0 Å². The number of aliphatic hydroxyl groups excluding tert-OH is 1. The van der Waals surface area contributed by atoms with Crippen LogP contribution in [-0.2, 0) is 52.1 Å². The predicted octanol–water partition coefficient (Wildman–Crippen LogP) is 6.41. The molecule has 0 radical (unpaired) electrons. The van der Waals surface area contributed by atoms with E-state index in [4.69, 9.17) is 57.2 Å². The summed E-state index contributed by atoms with van der Waals surface area (Å²) in [7, 11) is 0. The molecule has 6 atom stereocenters. The van der Waals surface area contributed by atoms with Gasteiger partial charge in [-0.15, -0.1) is 0 Å². The van der Waals surface area contributed by atoms with Crippen LogP contribution in [0.3, 0.4) is 0 Å². The first-order chi connectivity index (χ1) is 25.3. The molecule has 6 unspecified atom stereocenters. The summed E-state index contributed by atoms with van der Waals surface area (Å²) in [5.41, 5.74) is 0. The molecule has 0 heterocycles. The quantitative estimate of drug-likeness (QED) is 0.0693. The first-order valence-electron chi connectivity index (χ1n) is 20.5. The molecule has 0 amide bonds. The Kier molecular flexibility index (Phi) is 39.8. The molecule has 0 fully saturated rings. The van der Waals surface area contributed by atoms with Crippen molar-refractivity contribution in [2.75, 3.05) is 112 Å². The lowest BCUT2D eigenvalue weighted by Gasteiger charge is -2.22. The van der Waals surface area contributed by atoms with Crippen LogP contribution in [0.25, 0.3) is 0 Å². The zero-order chi connectivity index (χ0) is 38.3. The van der Waals surface area contributed by atoms with Gasteiger partial charge in [0.15, 0.2) is 0 Å². The van der Waals surface area contributed by atoms with Crippen molar-refractivity contribution in [3.63, 3.8) is 0 Å². The van der Waals surface area contributed by atoms with E-state index in [1.807, 2.05) is 34.6 Å². The molecule has 0 aromatic heterocycles. The molecule has 0 aliphatic heterocycles. The van der Waals surface area contributed by atoms with Crippen LogP contribution in [-0.4, -0.2) is 154 Å². The van der Waals surface area contributed by atoms with Crippen LogP contribution in [0.5, 0.6) is 0 Å². The van der Waals surface area contributed by atoms with E-state index in [9.17, 15) is 0 Å². The fourth-order valence-corrected chi connectivity index (χ4v) is 4.86. The van der Waals surface area contributed by atoms with E-state index in [0.29, 0.717) is 99.1 Å². The van der Waals surface area contributed by atoms with Gasteiger partial charge in [0, 0.05) is 6.61 Å². The van der Waals surface area contributed by atoms with Crippen molar-refractivity contribution in [1.29, 1.82) is 0 Å². The molecule has 12 heteroatoms. The van der Waals surface area contributed by atoms with Gasteiger partial charge in [-0.3, -0.25) is 0 Å². The fraction of sp³-hybridized carbons (Fsp3) is 1.00. The first-order valence-corrected chi connectivity index (χ1v) is 20.5. The van der Waals surface area contributed by atoms with Crippen molar-refractivity contribution < 1.29 is 57.2 Å². The molecule has 0 aromatic carbocycles. The molecule has 52 heavy (non-hydrogen) atoms. The largest absolute Gasteiger partial charge is 0.394 e. The third-order valence-electron chi connectivity index (χ3n) is 8.05. The normalized spacial score (nSPS) is 15.5. The van der Waals surface area contributed by atoms with Gasteiger partial charge < -0.3 is 57.2 Å². The molecule has 0 spiro atoms. The minimum absolute atomic E-state index is 0.0207. The summed E-state index contributed by atoms with van der Waals surface area (Å²) >= 11 is 0. The van der Waals surface area contributed by atoms with E-state index in [-0.39, 0.29) is 43.2 Å². The van der Waals surface area contributed by atoms with Crippen LogP contribution in [0.4, 0.5) is 0 Å². The van der Waals surface area contributed by atoms with E-state index in [2.05, 4.69) is 13.8 Å². The van der Waals surface area contributed by atoms with Crippen LogP contribution in [0.15, 0.2) is 0 Å². The van der Waals surface area contributed by atoms with Crippen LogP contribution in [0, 0.1) is 0 Å². The molecule has 0 saturated carbocycles. The lowest BCUT2D eigenvalue weighted by Crippen LogP contribution is -2.30. The topological polar surface area (TPSA) is 122 Å². The van der Waals surface area contributed by atoms with Gasteiger partial charge in [-0.05, 0) is 48.0 Å². The Morgan fingerprint density at radius 2 is 0.615 bits per heavy atom. The van der Waals surface area contributed by atoms with E-state index in [1.165, 1.54) is 57.8 Å². The standard InChI is InChI=1S/C40H82O12/c1-8-9-10-11-12-13-14-15-16-17-19-46-29-35(2)48-31-37(4)50-33-39(6)52-34-40(7)51-32-38(5)49-30-36(3)47-28-27-45-26-25-44-24-23-43-22-21-42-20-18-41/h35-41H,8-34H2,1-7H3. The second kappa shape index (κ2) is 40.2. The summed E-state index contributed by atoms with van der Waals surface area (Å²) in [6, 6.07) is 0. The van der Waals surface area contributed by atoms with Crippen LogP contribution >= 0.6 is 0 Å². The van der Waals surface area contributed by atoms with Crippen LogP contribution in [0.2, 0.25) is 0 Å². The van der Waals surface area contributed by atoms with Crippen molar-refractivity contribution in [1.82, 2.24) is 0 Å². The fourth-order valence-electron chi connectivity index (χ4n) is 4.86. The third kappa shape index (κ3) is 39.2. The molecule has 0 aromatic rings. The lowest BCUT2D eigenvalue weighted by molar-refractivity contribution is -0.105. The molecule has 0 saturated heterocycles. The molecule has 1 N–H and O–H groups in total. The first kappa shape index (κ1) is 51.5. The molecule has 12 nitrogen and oxygen atoms in total. The van der Waals surface area contributed by atoms with Crippen molar-refractivity contribution >= 4 is 0 Å². The highest BCUT2D eigenvalue weighted by Gasteiger charge is 2.14. The van der Waals surface area contributed by atoms with Gasteiger partial charge >= 0.3 is 0 Å². The Bertz CT molecular complexity index is 691. The Hall–Kier alpha value is -0.480. The summed E-state index contributed by atoms with van der Waals surface area (Å²) in [4.78, 5) is 0. The van der Waals surface area contributed by atoms with Gasteiger partial charge in [-0.1, -0.05) is 64.7 Å². The second-order valence-electron chi connectivity index (χ2n) is 13.8. The third-order valence-corrected chi connectivity index (χ3v) is 8.05. The summed E-state index contributed by atoms with van der Waals surface area (Å²) in [6.07, 6.45) is 13.1. The Labute approximate surface area is 318 Å². The average molecular weight is 755 g/mol. The van der Waals surface area contributed by atoms with Crippen molar-refractivity contribution in [3.05, 3.63) is 0 Å². The number of unbranched alkanes of at least 4 members (excludes halogenated alkanes) is 9. The SMILES string of the molecule is CCCCCCCCCCCCOCC(C)OCC(C)OCC(C)OCC(C)OCC(C)OCC(C)OCCOCCOCCOCCOCCO. The van der Waals surface area contributed by atoms with E-state index >= 15 is 0 Å². The smallest absolute Gasteiger partial charge is 0.0781 e. The van der Waals surface area contributed by atoms with E-state index in [1.54, 1.807) is 0 Å². The number of hydrogen-bond donors (Lipinski definition) is 1. The van der Waals surface area contributed by atoms with Crippen molar-refractivity contribution in [3.8, 4) is 0 Å². The number of ether oxygens (including phenoxy) is 11. The zero-order valence-electron chi connectivity index (χ0n) is 34.5. The van der Waals surface area contributed by atoms with E-state index in [0.717, 1.165) is 13.0 Å². The second-order valence-corrected chi connectivity index (χ2v) is 13.8. The molecule has 0 rings (SSSR count). The van der Waals surface area contributed by atoms with Crippen molar-refractivity contribution in [2.24, 2.45) is 0 Å². The number of rotatable bonds is 43. The molecule has 314 valence electrons. The lowest BCUT2D eigenvalue weighted by atomic mass is 10.1. The molecule has 0 bridgehead atoms. The summed E-state index contributed by atoms with van der Waals surface area (Å²) < 4.78 is 62.7. The van der Waals surface area contributed by atoms with Gasteiger partial charge in [0.05, 0.1) is 142 Å². The van der Waals surface area contributed by atoms with Gasteiger partial charge in [0.25, 0.3) is 0 Å². The Balaban J connectivity index is 3.62. The summed E-state index contributed by atoms with van der Waals surface area (Å²) in [6.45, 7) is 22.5. The number of hydrogen-bond acceptors (Lipinski definition) is 12. The monoisotopic (exact) mass is 755 g/mol. The number of aliphatic hydroxyl groups is 1. The van der Waals surface area contributed by atoms with Crippen molar-refractivity contribution in [2.45, 2.75) is 149 Å². The highest BCUT2D eigenvalue weighted by Crippen LogP contribution is 2.11. The zero-order valence-corrected chi connectivity index (χ0v) is 34.5. The van der Waals surface area contributed by atoms with Gasteiger partial charge in [0.1, 0.15) is 0 Å². The average Bonchev–Trinajstić information content (AvgIpc) is 3.14. The minimum Gasteiger partial charge on any atom is -0.394 e. The maximum atomic E-state index is 8.62. The van der Waals surface area contributed by atoms with Gasteiger partial charge in [-0.25, -0.2) is 0 Å². The molecular weight excluding hydrogens is 672 g/mol. The highest BCUT2D eigenvalue weighted by atomic mass is 16.6. The maximum absolute atomic E-state index is 8.62. The molecule has 0 aliphatic rings. The highest BCUT2D eigenvalue weighted by molar-refractivity contribution is 4.59. The van der Waals surface area contributed by atoms with Gasteiger partial charge in [-0.2, -0.15) is 0 Å². The Morgan fingerprint density at radius 3 is 1.00 bits per heavy atom. The molecular formula is C40H82O12.